The van der Waals surface area contributed by atoms with Gasteiger partial charge in [0.2, 0.25) is 5.88 Å². The Morgan fingerprint density at radius 2 is 2.00 bits per heavy atom. The van der Waals surface area contributed by atoms with Crippen molar-refractivity contribution in [1.29, 1.82) is 5.26 Å². The number of halogens is 3. The highest BCUT2D eigenvalue weighted by molar-refractivity contribution is 6.35. The molecular weight excluding hydrogens is 458 g/mol. The number of aromatic nitrogens is 1. The summed E-state index contributed by atoms with van der Waals surface area (Å²) >= 11 is 6.37. The van der Waals surface area contributed by atoms with E-state index in [1.165, 1.54) is 6.07 Å². The minimum Gasteiger partial charge on any atom is -0.436 e. The molecule has 0 bridgehead atoms. The van der Waals surface area contributed by atoms with E-state index in [1.807, 2.05) is 0 Å². The molecule has 166 valence electrons. The van der Waals surface area contributed by atoms with Crippen LogP contribution in [0.15, 0.2) is 48.7 Å². The molecule has 33 heavy (non-hydrogen) atoms. The molecule has 0 unspecified atom stereocenters. The molecule has 0 spiro atoms. The molecule has 1 aliphatic carbocycles. The Labute approximate surface area is 190 Å². The molecular formula is C22H13ClF2N4O4. The number of nitriles is 1. The van der Waals surface area contributed by atoms with Gasteiger partial charge in [0.1, 0.15) is 12.0 Å². The Morgan fingerprint density at radius 3 is 2.61 bits per heavy atom. The average molecular weight is 471 g/mol. The van der Waals surface area contributed by atoms with E-state index in [-0.39, 0.29) is 27.8 Å². The summed E-state index contributed by atoms with van der Waals surface area (Å²) in [6, 6.07) is 10.6. The van der Waals surface area contributed by atoms with Crippen LogP contribution in [0.4, 0.5) is 20.2 Å². The lowest BCUT2D eigenvalue weighted by Gasteiger charge is -2.14. The maximum absolute atomic E-state index is 14.3. The number of pyridine rings is 1. The van der Waals surface area contributed by atoms with Crippen molar-refractivity contribution in [2.45, 2.75) is 18.3 Å². The highest BCUT2D eigenvalue weighted by atomic mass is 35.5. The molecule has 11 heteroatoms. The SMILES string of the molecule is N#CC1(c2cccc(C(=O)Nc3cc(Oc4ccc([N+](=O)[O-])cn4)c(F)cc3F)c2Cl)CC1. The number of benzene rings is 2. The number of carbonyl (C=O) groups is 1. The second kappa shape index (κ2) is 8.44. The molecule has 1 saturated carbocycles. The third kappa shape index (κ3) is 4.31. The summed E-state index contributed by atoms with van der Waals surface area (Å²) in [6.45, 7) is 0. The van der Waals surface area contributed by atoms with Crippen molar-refractivity contribution in [3.8, 4) is 17.7 Å². The van der Waals surface area contributed by atoms with Crippen LogP contribution in [0.2, 0.25) is 5.02 Å². The molecule has 0 saturated heterocycles. The average Bonchev–Trinajstić information content (AvgIpc) is 3.58. The first-order chi connectivity index (χ1) is 15.7. The van der Waals surface area contributed by atoms with Crippen LogP contribution in [0, 0.1) is 33.1 Å². The molecule has 1 amide bonds. The number of nitrogens with one attached hydrogen (secondary N) is 1. The van der Waals surface area contributed by atoms with Gasteiger partial charge in [0, 0.05) is 24.3 Å². The Kier molecular flexibility index (Phi) is 5.66. The lowest BCUT2D eigenvalue weighted by Crippen LogP contribution is -2.16. The Hall–Kier alpha value is -4.10. The highest BCUT2D eigenvalue weighted by Gasteiger charge is 2.46. The van der Waals surface area contributed by atoms with Crippen LogP contribution < -0.4 is 10.1 Å². The van der Waals surface area contributed by atoms with Gasteiger partial charge in [-0.3, -0.25) is 14.9 Å². The first kappa shape index (κ1) is 22.1. The van der Waals surface area contributed by atoms with Gasteiger partial charge >= 0.3 is 0 Å². The number of ether oxygens (including phenoxy) is 1. The molecule has 4 rings (SSSR count). The number of anilines is 1. The number of nitro groups is 1. The van der Waals surface area contributed by atoms with Crippen LogP contribution in [0.3, 0.4) is 0 Å². The van der Waals surface area contributed by atoms with Crippen LogP contribution in [0.25, 0.3) is 0 Å². The van der Waals surface area contributed by atoms with Crippen molar-refractivity contribution in [3.63, 3.8) is 0 Å². The molecule has 1 fully saturated rings. The number of amides is 1. The van der Waals surface area contributed by atoms with Gasteiger partial charge in [0.25, 0.3) is 11.6 Å². The molecule has 3 aromatic rings. The normalized spacial score (nSPS) is 13.6. The van der Waals surface area contributed by atoms with E-state index in [0.29, 0.717) is 24.5 Å². The van der Waals surface area contributed by atoms with Gasteiger partial charge in [-0.1, -0.05) is 23.7 Å². The van der Waals surface area contributed by atoms with E-state index in [0.717, 1.165) is 24.4 Å². The number of hydrogen-bond acceptors (Lipinski definition) is 6. The Morgan fingerprint density at radius 1 is 1.24 bits per heavy atom. The summed E-state index contributed by atoms with van der Waals surface area (Å²) in [6.07, 6.45) is 2.17. The van der Waals surface area contributed by atoms with E-state index >= 15 is 0 Å². The number of nitrogens with zero attached hydrogens (tertiary/aromatic N) is 3. The summed E-state index contributed by atoms with van der Waals surface area (Å²) in [4.78, 5) is 26.5. The van der Waals surface area contributed by atoms with Gasteiger partial charge in [0.15, 0.2) is 11.6 Å². The summed E-state index contributed by atoms with van der Waals surface area (Å²) in [7, 11) is 0. The van der Waals surface area contributed by atoms with Gasteiger partial charge in [-0.05, 0) is 24.5 Å². The summed E-state index contributed by atoms with van der Waals surface area (Å²) in [5, 5.41) is 22.5. The monoisotopic (exact) mass is 470 g/mol. The van der Waals surface area contributed by atoms with Crippen molar-refractivity contribution in [2.24, 2.45) is 0 Å². The summed E-state index contributed by atoms with van der Waals surface area (Å²) < 4.78 is 33.8. The van der Waals surface area contributed by atoms with E-state index in [1.54, 1.807) is 12.1 Å². The van der Waals surface area contributed by atoms with E-state index in [9.17, 15) is 29.0 Å². The molecule has 0 aliphatic heterocycles. The summed E-state index contributed by atoms with van der Waals surface area (Å²) in [5.41, 5.74) is -0.863. The first-order valence-corrected chi connectivity index (χ1v) is 9.91. The Balaban J connectivity index is 1.59. The molecule has 1 N–H and O–H groups in total. The minimum absolute atomic E-state index is 0.0268. The van der Waals surface area contributed by atoms with Crippen molar-refractivity contribution in [1.82, 2.24) is 4.98 Å². The molecule has 1 aromatic heterocycles. The fourth-order valence-electron chi connectivity index (χ4n) is 3.19. The maximum Gasteiger partial charge on any atom is 0.287 e. The molecule has 1 aliphatic rings. The third-order valence-corrected chi connectivity index (χ3v) is 5.55. The van der Waals surface area contributed by atoms with Crippen LogP contribution in [0.1, 0.15) is 28.8 Å². The van der Waals surface area contributed by atoms with Crippen molar-refractivity contribution in [3.05, 3.63) is 86.6 Å². The van der Waals surface area contributed by atoms with Crippen LogP contribution in [0.5, 0.6) is 11.6 Å². The molecule has 8 nitrogen and oxygen atoms in total. The van der Waals surface area contributed by atoms with Crippen molar-refractivity contribution >= 4 is 28.9 Å². The highest BCUT2D eigenvalue weighted by Crippen LogP contribution is 2.50. The number of rotatable bonds is 6. The Bertz CT molecular complexity index is 1320. The quantitative estimate of drug-likeness (QED) is 0.374. The number of carbonyl (C=O) groups excluding carboxylic acids is 1. The van der Waals surface area contributed by atoms with Gasteiger partial charge in [-0.2, -0.15) is 5.26 Å². The molecule has 0 atom stereocenters. The predicted molar refractivity (Wildman–Crippen MR) is 113 cm³/mol. The second-order valence-corrected chi connectivity index (χ2v) is 7.67. The standard InChI is InChI=1S/C22H13ClF2N4O4/c23-20-13(2-1-3-14(20)22(11-26)6-7-22)21(30)28-17-9-18(16(25)8-15(17)24)33-19-5-4-12(10-27-19)29(31)32/h1-5,8-10H,6-7H2,(H,28,30). The zero-order chi connectivity index (χ0) is 23.8. The van der Waals surface area contributed by atoms with E-state index < -0.39 is 33.6 Å². The third-order valence-electron chi connectivity index (χ3n) is 5.14. The lowest BCUT2D eigenvalue weighted by atomic mass is 9.95. The van der Waals surface area contributed by atoms with E-state index in [2.05, 4.69) is 16.4 Å². The second-order valence-electron chi connectivity index (χ2n) is 7.29. The van der Waals surface area contributed by atoms with Crippen molar-refractivity contribution < 1.29 is 23.2 Å². The van der Waals surface area contributed by atoms with Crippen LogP contribution >= 0.6 is 11.6 Å². The minimum atomic E-state index is -1.07. The van der Waals surface area contributed by atoms with Gasteiger partial charge in [-0.25, -0.2) is 13.8 Å². The van der Waals surface area contributed by atoms with Gasteiger partial charge in [-0.15, -0.1) is 0 Å². The van der Waals surface area contributed by atoms with Crippen LogP contribution in [-0.4, -0.2) is 15.8 Å². The zero-order valence-electron chi connectivity index (χ0n) is 16.6. The van der Waals surface area contributed by atoms with Crippen molar-refractivity contribution in [2.75, 3.05) is 5.32 Å². The van der Waals surface area contributed by atoms with Gasteiger partial charge < -0.3 is 10.1 Å². The first-order valence-electron chi connectivity index (χ1n) is 9.53. The predicted octanol–water partition coefficient (Wildman–Crippen LogP) is 5.52. The largest absolute Gasteiger partial charge is 0.436 e. The van der Waals surface area contributed by atoms with Gasteiger partial charge in [0.05, 0.1) is 32.7 Å². The topological polar surface area (TPSA) is 118 Å². The molecule has 0 radical (unpaired) electrons. The molecule has 1 heterocycles. The fourth-order valence-corrected chi connectivity index (χ4v) is 3.58. The number of hydrogen-bond donors (Lipinski definition) is 1. The van der Waals surface area contributed by atoms with Crippen LogP contribution in [-0.2, 0) is 5.41 Å². The smallest absolute Gasteiger partial charge is 0.287 e. The summed E-state index contributed by atoms with van der Waals surface area (Å²) in [5.74, 6) is -3.54. The zero-order valence-corrected chi connectivity index (χ0v) is 17.4. The fraction of sp³-hybridized carbons (Fsp3) is 0.136. The lowest BCUT2D eigenvalue weighted by molar-refractivity contribution is -0.385. The maximum atomic E-state index is 14.3. The molecule has 2 aromatic carbocycles. The van der Waals surface area contributed by atoms with E-state index in [4.69, 9.17) is 16.3 Å².